The smallest absolute Gasteiger partial charge is 0.0839 e. The molecule has 2 unspecified atom stereocenters. The molecule has 0 bridgehead atoms. The molecule has 0 aromatic heterocycles. The maximum absolute atomic E-state index is 5.25. The van der Waals surface area contributed by atoms with Gasteiger partial charge < -0.3 is 9.47 Å². The van der Waals surface area contributed by atoms with Crippen LogP contribution in [-0.4, -0.2) is 25.4 Å². The fraction of sp³-hybridized carbons (Fsp3) is 0.778. The first kappa shape index (κ1) is 8.75. The van der Waals surface area contributed by atoms with Crippen LogP contribution < -0.4 is 0 Å². The number of rotatable bonds is 6. The van der Waals surface area contributed by atoms with Crippen LogP contribution >= 0.6 is 0 Å². The Morgan fingerprint density at radius 1 is 1.64 bits per heavy atom. The van der Waals surface area contributed by atoms with Crippen molar-refractivity contribution < 1.29 is 9.47 Å². The minimum atomic E-state index is 0.495. The molecule has 0 spiro atoms. The van der Waals surface area contributed by atoms with Crippen molar-refractivity contribution in [3.8, 4) is 0 Å². The SMILES string of the molecule is C=CCOCCCC1OC1C. The maximum atomic E-state index is 5.25. The van der Waals surface area contributed by atoms with Gasteiger partial charge in [0.25, 0.3) is 0 Å². The molecule has 2 atom stereocenters. The van der Waals surface area contributed by atoms with Crippen LogP contribution in [0.5, 0.6) is 0 Å². The lowest BCUT2D eigenvalue weighted by Crippen LogP contribution is -1.97. The molecule has 64 valence electrons. The summed E-state index contributed by atoms with van der Waals surface area (Å²) in [4.78, 5) is 0. The second-order valence-electron chi connectivity index (χ2n) is 2.89. The van der Waals surface area contributed by atoms with Crippen LogP contribution in [0.15, 0.2) is 12.7 Å². The molecule has 0 aromatic carbocycles. The molecule has 1 rings (SSSR count). The van der Waals surface area contributed by atoms with Gasteiger partial charge in [-0.15, -0.1) is 6.58 Å². The van der Waals surface area contributed by atoms with Gasteiger partial charge in [-0.1, -0.05) is 6.08 Å². The lowest BCUT2D eigenvalue weighted by atomic mass is 10.2. The van der Waals surface area contributed by atoms with Gasteiger partial charge in [0.15, 0.2) is 0 Å². The van der Waals surface area contributed by atoms with Crippen molar-refractivity contribution in [3.63, 3.8) is 0 Å². The molecule has 2 nitrogen and oxygen atoms in total. The third kappa shape index (κ3) is 3.54. The van der Waals surface area contributed by atoms with Gasteiger partial charge in [-0.05, 0) is 19.8 Å². The van der Waals surface area contributed by atoms with Crippen LogP contribution in [-0.2, 0) is 9.47 Å². The van der Waals surface area contributed by atoms with Crippen LogP contribution in [0.4, 0.5) is 0 Å². The van der Waals surface area contributed by atoms with E-state index in [-0.39, 0.29) is 0 Å². The first-order valence-electron chi connectivity index (χ1n) is 4.18. The molecule has 0 radical (unpaired) electrons. The number of ether oxygens (including phenoxy) is 2. The predicted molar refractivity (Wildman–Crippen MR) is 44.6 cm³/mol. The third-order valence-electron chi connectivity index (χ3n) is 1.85. The molecule has 0 amide bonds. The van der Waals surface area contributed by atoms with Crippen LogP contribution in [0.1, 0.15) is 19.8 Å². The molecule has 1 aliphatic heterocycles. The standard InChI is InChI=1S/C9H16O2/c1-3-6-10-7-4-5-9-8(2)11-9/h3,8-9H,1,4-7H2,2H3. The van der Waals surface area contributed by atoms with E-state index in [2.05, 4.69) is 13.5 Å². The molecule has 1 saturated heterocycles. The first-order chi connectivity index (χ1) is 5.34. The fourth-order valence-electron chi connectivity index (χ4n) is 1.09. The maximum Gasteiger partial charge on any atom is 0.0839 e. The first-order valence-corrected chi connectivity index (χ1v) is 4.18. The van der Waals surface area contributed by atoms with Crippen molar-refractivity contribution in [2.24, 2.45) is 0 Å². The average Bonchev–Trinajstić information content (AvgIpc) is 2.67. The van der Waals surface area contributed by atoms with Crippen LogP contribution in [0.2, 0.25) is 0 Å². The Bertz CT molecular complexity index is 123. The zero-order valence-electron chi connectivity index (χ0n) is 7.08. The van der Waals surface area contributed by atoms with E-state index in [1.54, 1.807) is 6.08 Å². The molecule has 0 aliphatic carbocycles. The van der Waals surface area contributed by atoms with Crippen molar-refractivity contribution in [3.05, 3.63) is 12.7 Å². The Morgan fingerprint density at radius 3 is 2.91 bits per heavy atom. The van der Waals surface area contributed by atoms with Gasteiger partial charge in [-0.25, -0.2) is 0 Å². The highest BCUT2D eigenvalue weighted by Gasteiger charge is 2.32. The molecular weight excluding hydrogens is 140 g/mol. The van der Waals surface area contributed by atoms with E-state index in [0.29, 0.717) is 18.8 Å². The van der Waals surface area contributed by atoms with Crippen molar-refractivity contribution in [2.75, 3.05) is 13.2 Å². The third-order valence-corrected chi connectivity index (χ3v) is 1.85. The molecule has 0 aromatic rings. The molecule has 11 heavy (non-hydrogen) atoms. The van der Waals surface area contributed by atoms with Crippen molar-refractivity contribution in [1.29, 1.82) is 0 Å². The predicted octanol–water partition coefficient (Wildman–Crippen LogP) is 1.76. The average molecular weight is 156 g/mol. The Hall–Kier alpha value is -0.340. The largest absolute Gasteiger partial charge is 0.377 e. The molecule has 1 fully saturated rings. The fourth-order valence-corrected chi connectivity index (χ4v) is 1.09. The minimum Gasteiger partial charge on any atom is -0.377 e. The normalized spacial score (nSPS) is 28.5. The van der Waals surface area contributed by atoms with Crippen LogP contribution in [0, 0.1) is 0 Å². The summed E-state index contributed by atoms with van der Waals surface area (Å²) in [6, 6.07) is 0. The molecular formula is C9H16O2. The summed E-state index contributed by atoms with van der Waals surface area (Å²) in [5.74, 6) is 0. The van der Waals surface area contributed by atoms with E-state index in [1.165, 1.54) is 0 Å². The number of epoxide rings is 1. The molecule has 1 aliphatic rings. The lowest BCUT2D eigenvalue weighted by molar-refractivity contribution is 0.155. The van der Waals surface area contributed by atoms with Gasteiger partial charge in [0.2, 0.25) is 0 Å². The summed E-state index contributed by atoms with van der Waals surface area (Å²) in [5, 5.41) is 0. The molecule has 0 saturated carbocycles. The van der Waals surface area contributed by atoms with E-state index in [0.717, 1.165) is 19.4 Å². The highest BCUT2D eigenvalue weighted by atomic mass is 16.6. The van der Waals surface area contributed by atoms with Crippen LogP contribution in [0.25, 0.3) is 0 Å². The highest BCUT2D eigenvalue weighted by molar-refractivity contribution is 4.79. The van der Waals surface area contributed by atoms with E-state index in [9.17, 15) is 0 Å². The topological polar surface area (TPSA) is 21.8 Å². The van der Waals surface area contributed by atoms with E-state index in [1.807, 2.05) is 0 Å². The zero-order chi connectivity index (χ0) is 8.10. The van der Waals surface area contributed by atoms with Gasteiger partial charge in [-0.3, -0.25) is 0 Å². The van der Waals surface area contributed by atoms with Gasteiger partial charge >= 0.3 is 0 Å². The van der Waals surface area contributed by atoms with Gasteiger partial charge in [-0.2, -0.15) is 0 Å². The summed E-state index contributed by atoms with van der Waals surface area (Å²) < 4.78 is 10.5. The van der Waals surface area contributed by atoms with E-state index < -0.39 is 0 Å². The van der Waals surface area contributed by atoms with Gasteiger partial charge in [0, 0.05) is 6.61 Å². The minimum absolute atomic E-state index is 0.495. The van der Waals surface area contributed by atoms with Crippen molar-refractivity contribution in [2.45, 2.75) is 32.0 Å². The Kier molecular flexibility index (Phi) is 3.60. The Morgan fingerprint density at radius 2 is 2.36 bits per heavy atom. The van der Waals surface area contributed by atoms with Gasteiger partial charge in [0.05, 0.1) is 18.8 Å². The summed E-state index contributed by atoms with van der Waals surface area (Å²) in [7, 11) is 0. The van der Waals surface area contributed by atoms with Gasteiger partial charge in [0.1, 0.15) is 0 Å². The monoisotopic (exact) mass is 156 g/mol. The lowest BCUT2D eigenvalue weighted by Gasteiger charge is -1.97. The zero-order valence-corrected chi connectivity index (χ0v) is 7.08. The summed E-state index contributed by atoms with van der Waals surface area (Å²) in [6.45, 7) is 7.17. The molecule has 2 heteroatoms. The summed E-state index contributed by atoms with van der Waals surface area (Å²) in [6.07, 6.45) is 5.02. The number of hydrogen-bond acceptors (Lipinski definition) is 2. The number of hydrogen-bond donors (Lipinski definition) is 0. The summed E-state index contributed by atoms with van der Waals surface area (Å²) >= 11 is 0. The quantitative estimate of drug-likeness (QED) is 0.332. The Labute approximate surface area is 68.2 Å². The second kappa shape index (κ2) is 4.52. The highest BCUT2D eigenvalue weighted by Crippen LogP contribution is 2.25. The van der Waals surface area contributed by atoms with Crippen molar-refractivity contribution in [1.82, 2.24) is 0 Å². The molecule has 1 heterocycles. The Balaban J connectivity index is 1.78. The van der Waals surface area contributed by atoms with E-state index >= 15 is 0 Å². The summed E-state index contributed by atoms with van der Waals surface area (Å²) in [5.41, 5.74) is 0. The van der Waals surface area contributed by atoms with E-state index in [4.69, 9.17) is 9.47 Å². The van der Waals surface area contributed by atoms with Crippen molar-refractivity contribution >= 4 is 0 Å². The molecule has 0 N–H and O–H groups in total. The van der Waals surface area contributed by atoms with Crippen LogP contribution in [0.3, 0.4) is 0 Å². The second-order valence-corrected chi connectivity index (χ2v) is 2.89.